The number of hydrogen-bond donors (Lipinski definition) is 1. The number of benzene rings is 1. The van der Waals surface area contributed by atoms with Crippen molar-refractivity contribution >= 4 is 5.69 Å². The third-order valence-electron chi connectivity index (χ3n) is 3.64. The summed E-state index contributed by atoms with van der Waals surface area (Å²) >= 11 is 0. The van der Waals surface area contributed by atoms with E-state index >= 15 is 0 Å². The smallest absolute Gasteiger partial charge is 0.122 e. The van der Waals surface area contributed by atoms with Crippen LogP contribution in [0.25, 0.3) is 0 Å². The molecule has 0 saturated carbocycles. The van der Waals surface area contributed by atoms with Gasteiger partial charge in [0.15, 0.2) is 0 Å². The molecule has 22 heavy (non-hydrogen) atoms. The van der Waals surface area contributed by atoms with Crippen LogP contribution in [0.3, 0.4) is 0 Å². The highest BCUT2D eigenvalue weighted by molar-refractivity contribution is 5.50. The largest absolute Gasteiger partial charge is 0.492 e. The predicted octanol–water partition coefficient (Wildman–Crippen LogP) is 3.61. The quantitative estimate of drug-likeness (QED) is 0.849. The lowest BCUT2D eigenvalue weighted by Gasteiger charge is -2.13. The summed E-state index contributed by atoms with van der Waals surface area (Å²) in [5, 5.41) is 9.28. The maximum Gasteiger partial charge on any atom is 0.122 e. The first-order valence-electron chi connectivity index (χ1n) is 7.67. The topological polar surface area (TPSA) is 64.0 Å². The third kappa shape index (κ3) is 4.05. The molecule has 0 spiro atoms. The fourth-order valence-corrected chi connectivity index (χ4v) is 2.43. The summed E-state index contributed by atoms with van der Waals surface area (Å²) in [6, 6.07) is 13.7. The van der Waals surface area contributed by atoms with E-state index in [0.29, 0.717) is 30.5 Å². The minimum absolute atomic E-state index is 0.515. The van der Waals surface area contributed by atoms with Crippen molar-refractivity contribution in [3.05, 3.63) is 47.8 Å². The maximum absolute atomic E-state index is 9.28. The van der Waals surface area contributed by atoms with E-state index in [0.717, 1.165) is 24.3 Å². The Morgan fingerprint density at radius 3 is 2.64 bits per heavy atom. The van der Waals surface area contributed by atoms with Crippen LogP contribution in [-0.2, 0) is 13.0 Å². The molecule has 2 aromatic rings. The van der Waals surface area contributed by atoms with Gasteiger partial charge >= 0.3 is 0 Å². The van der Waals surface area contributed by atoms with Crippen LogP contribution in [0.15, 0.2) is 36.4 Å². The molecule has 0 aliphatic carbocycles. The van der Waals surface area contributed by atoms with Gasteiger partial charge in [-0.05, 0) is 37.0 Å². The number of nitrogens with two attached hydrogens (primary N) is 1. The second-order valence-corrected chi connectivity index (χ2v) is 5.79. The molecule has 0 bridgehead atoms. The van der Waals surface area contributed by atoms with Crippen molar-refractivity contribution in [1.29, 1.82) is 5.26 Å². The predicted molar refractivity (Wildman–Crippen MR) is 88.7 cm³/mol. The molecule has 0 aliphatic heterocycles. The van der Waals surface area contributed by atoms with Crippen molar-refractivity contribution in [2.24, 2.45) is 5.92 Å². The van der Waals surface area contributed by atoms with E-state index in [1.165, 1.54) is 0 Å². The van der Waals surface area contributed by atoms with Crippen molar-refractivity contribution in [1.82, 2.24) is 4.57 Å². The highest BCUT2D eigenvalue weighted by atomic mass is 16.5. The molecule has 0 amide bonds. The number of para-hydroxylation sites is 1. The van der Waals surface area contributed by atoms with Crippen molar-refractivity contribution in [2.45, 2.75) is 33.2 Å². The minimum Gasteiger partial charge on any atom is -0.492 e. The lowest BCUT2D eigenvalue weighted by molar-refractivity contribution is 0.296. The zero-order valence-corrected chi connectivity index (χ0v) is 13.2. The summed E-state index contributed by atoms with van der Waals surface area (Å²) in [4.78, 5) is 0. The molecule has 2 rings (SSSR count). The zero-order valence-electron chi connectivity index (χ0n) is 13.2. The monoisotopic (exact) mass is 297 g/mol. The standard InChI is InChI=1S/C18H23N3O/c1-14(2)8-9-18-17(20)12-15(13-19)21(18)10-11-22-16-6-4-3-5-7-16/h3-7,12,14H,8-11,20H2,1-2H3. The van der Waals surface area contributed by atoms with Gasteiger partial charge in [-0.2, -0.15) is 5.26 Å². The van der Waals surface area contributed by atoms with E-state index < -0.39 is 0 Å². The summed E-state index contributed by atoms with van der Waals surface area (Å²) in [5.41, 5.74) is 8.43. The molecule has 4 nitrogen and oxygen atoms in total. The Balaban J connectivity index is 2.06. The molecule has 1 aromatic carbocycles. The van der Waals surface area contributed by atoms with Crippen LogP contribution < -0.4 is 10.5 Å². The summed E-state index contributed by atoms with van der Waals surface area (Å²) in [5.74, 6) is 1.44. The number of nitriles is 1. The lowest BCUT2D eigenvalue weighted by Crippen LogP contribution is -2.13. The van der Waals surface area contributed by atoms with Gasteiger partial charge in [0.2, 0.25) is 0 Å². The second-order valence-electron chi connectivity index (χ2n) is 5.79. The Kier molecular flexibility index (Phi) is 5.48. The molecule has 1 aromatic heterocycles. The molecule has 0 fully saturated rings. The highest BCUT2D eigenvalue weighted by Crippen LogP contribution is 2.21. The molecule has 2 N–H and O–H groups in total. The van der Waals surface area contributed by atoms with Crippen molar-refractivity contribution < 1.29 is 4.74 Å². The SMILES string of the molecule is CC(C)CCc1c(N)cc(C#N)n1CCOc1ccccc1. The van der Waals surface area contributed by atoms with E-state index in [4.69, 9.17) is 10.5 Å². The van der Waals surface area contributed by atoms with Crippen LogP contribution in [0.1, 0.15) is 31.7 Å². The van der Waals surface area contributed by atoms with Gasteiger partial charge in [0.25, 0.3) is 0 Å². The summed E-state index contributed by atoms with van der Waals surface area (Å²) in [7, 11) is 0. The first-order valence-corrected chi connectivity index (χ1v) is 7.67. The Morgan fingerprint density at radius 1 is 1.27 bits per heavy atom. The number of hydrogen-bond acceptors (Lipinski definition) is 3. The fourth-order valence-electron chi connectivity index (χ4n) is 2.43. The van der Waals surface area contributed by atoms with Crippen LogP contribution >= 0.6 is 0 Å². The van der Waals surface area contributed by atoms with Gasteiger partial charge in [-0.25, -0.2) is 0 Å². The fraction of sp³-hybridized carbons (Fsp3) is 0.389. The number of ether oxygens (including phenoxy) is 1. The molecule has 4 heteroatoms. The van der Waals surface area contributed by atoms with Crippen molar-refractivity contribution in [2.75, 3.05) is 12.3 Å². The first-order chi connectivity index (χ1) is 10.6. The highest BCUT2D eigenvalue weighted by Gasteiger charge is 2.13. The van der Waals surface area contributed by atoms with Crippen molar-refractivity contribution in [3.8, 4) is 11.8 Å². The molecular weight excluding hydrogens is 274 g/mol. The van der Waals surface area contributed by atoms with Crippen LogP contribution in [0.2, 0.25) is 0 Å². The molecule has 0 radical (unpaired) electrons. The van der Waals surface area contributed by atoms with Gasteiger partial charge in [0, 0.05) is 5.69 Å². The Hall–Kier alpha value is -2.41. The average molecular weight is 297 g/mol. The van der Waals surface area contributed by atoms with Gasteiger partial charge in [0.05, 0.1) is 12.2 Å². The Morgan fingerprint density at radius 2 is 2.00 bits per heavy atom. The van der Waals surface area contributed by atoms with Gasteiger partial charge < -0.3 is 15.0 Å². The second kappa shape index (κ2) is 7.56. The van der Waals surface area contributed by atoms with Crippen LogP contribution in [0, 0.1) is 17.2 Å². The molecule has 1 heterocycles. The van der Waals surface area contributed by atoms with Crippen LogP contribution in [-0.4, -0.2) is 11.2 Å². The minimum atomic E-state index is 0.515. The van der Waals surface area contributed by atoms with Gasteiger partial charge in [-0.3, -0.25) is 0 Å². The molecule has 116 valence electrons. The summed E-state index contributed by atoms with van der Waals surface area (Å²) in [6.07, 6.45) is 1.94. The maximum atomic E-state index is 9.28. The number of nitrogens with zero attached hydrogens (tertiary/aromatic N) is 2. The van der Waals surface area contributed by atoms with Gasteiger partial charge in [-0.15, -0.1) is 0 Å². The number of anilines is 1. The molecular formula is C18H23N3O. The van der Waals surface area contributed by atoms with Crippen LogP contribution in [0.5, 0.6) is 5.75 Å². The molecule has 0 aliphatic rings. The molecule has 0 unspecified atom stereocenters. The van der Waals surface area contributed by atoms with E-state index in [1.807, 2.05) is 34.9 Å². The van der Waals surface area contributed by atoms with E-state index in [2.05, 4.69) is 19.9 Å². The van der Waals surface area contributed by atoms with Gasteiger partial charge in [-0.1, -0.05) is 32.0 Å². The van der Waals surface area contributed by atoms with Crippen molar-refractivity contribution in [3.63, 3.8) is 0 Å². The summed E-state index contributed by atoms with van der Waals surface area (Å²) < 4.78 is 7.71. The zero-order chi connectivity index (χ0) is 15.9. The third-order valence-corrected chi connectivity index (χ3v) is 3.64. The lowest BCUT2D eigenvalue weighted by atomic mass is 10.1. The Bertz CT molecular complexity index is 638. The average Bonchev–Trinajstić information content (AvgIpc) is 2.82. The van der Waals surface area contributed by atoms with E-state index in [1.54, 1.807) is 6.07 Å². The summed E-state index contributed by atoms with van der Waals surface area (Å²) in [6.45, 7) is 5.52. The van der Waals surface area contributed by atoms with E-state index in [9.17, 15) is 5.26 Å². The number of aromatic nitrogens is 1. The first kappa shape index (κ1) is 16.0. The molecule has 0 atom stereocenters. The normalized spacial score (nSPS) is 10.6. The number of rotatable bonds is 7. The van der Waals surface area contributed by atoms with E-state index in [-0.39, 0.29) is 0 Å². The van der Waals surface area contributed by atoms with Crippen LogP contribution in [0.4, 0.5) is 5.69 Å². The molecule has 0 saturated heterocycles. The Labute approximate surface area is 132 Å². The number of nitrogen functional groups attached to an aromatic ring is 1. The van der Waals surface area contributed by atoms with Gasteiger partial charge in [0.1, 0.15) is 24.1 Å².